The normalized spacial score (nSPS) is 12.4. The molecule has 0 radical (unpaired) electrons. The lowest BCUT2D eigenvalue weighted by molar-refractivity contribution is -0.429. The zero-order chi connectivity index (χ0) is 25.6. The molecule has 0 aliphatic heterocycles. The average Bonchev–Trinajstić information content (AvgIpc) is 3.45. The summed E-state index contributed by atoms with van der Waals surface area (Å²) in [6.07, 6.45) is 0.283. The molecule has 0 aliphatic rings. The standard InChI is InChI=1S/C24H39N5O4S2/c1-17(2)27-13-19-5-7-21(32-19)15-34-11-9-23(29(30)31)24(25)26-10-12-35-16-22-8-6-20(33-22)14-28-18(3)4/h5-8,17-18,26-28H,9-16,25H2,1-4H3. The van der Waals surface area contributed by atoms with Crippen LogP contribution >= 0.6 is 23.5 Å². The van der Waals surface area contributed by atoms with Crippen LogP contribution in [0.25, 0.3) is 0 Å². The summed E-state index contributed by atoms with van der Waals surface area (Å²) < 4.78 is 11.6. The van der Waals surface area contributed by atoms with Crippen LogP contribution in [0.15, 0.2) is 44.6 Å². The van der Waals surface area contributed by atoms with E-state index in [4.69, 9.17) is 14.6 Å². The Labute approximate surface area is 216 Å². The molecule has 0 aliphatic carbocycles. The van der Waals surface area contributed by atoms with Crippen LogP contribution in [-0.2, 0) is 24.6 Å². The Kier molecular flexibility index (Phi) is 13.2. The summed E-state index contributed by atoms with van der Waals surface area (Å²) in [6.45, 7) is 10.3. The summed E-state index contributed by atoms with van der Waals surface area (Å²) in [6, 6.07) is 8.69. The van der Waals surface area contributed by atoms with Crippen molar-refractivity contribution >= 4 is 23.5 Å². The van der Waals surface area contributed by atoms with E-state index in [-0.39, 0.29) is 17.9 Å². The average molecular weight is 526 g/mol. The second-order valence-electron chi connectivity index (χ2n) is 8.71. The number of hydrogen-bond donors (Lipinski definition) is 4. The highest BCUT2D eigenvalue weighted by atomic mass is 32.2. The van der Waals surface area contributed by atoms with Gasteiger partial charge in [0.2, 0.25) is 0 Å². The van der Waals surface area contributed by atoms with E-state index in [0.717, 1.165) is 34.5 Å². The van der Waals surface area contributed by atoms with Gasteiger partial charge in [-0.05, 0) is 24.3 Å². The van der Waals surface area contributed by atoms with Gasteiger partial charge in [0.25, 0.3) is 5.70 Å². The first-order valence-corrected chi connectivity index (χ1v) is 14.2. The van der Waals surface area contributed by atoms with Crippen molar-refractivity contribution in [3.8, 4) is 0 Å². The van der Waals surface area contributed by atoms with Crippen molar-refractivity contribution in [2.45, 2.75) is 70.8 Å². The van der Waals surface area contributed by atoms with Crippen LogP contribution in [0, 0.1) is 10.1 Å². The van der Waals surface area contributed by atoms with Crippen molar-refractivity contribution in [3.63, 3.8) is 0 Å². The second kappa shape index (κ2) is 15.8. The summed E-state index contributed by atoms with van der Waals surface area (Å²) in [5.74, 6) is 6.48. The fourth-order valence-electron chi connectivity index (χ4n) is 3.00. The first-order chi connectivity index (χ1) is 16.7. The molecule has 9 nitrogen and oxygen atoms in total. The topological polar surface area (TPSA) is 132 Å². The van der Waals surface area contributed by atoms with Gasteiger partial charge in [0.1, 0.15) is 23.0 Å². The molecule has 0 amide bonds. The Morgan fingerprint density at radius 2 is 1.40 bits per heavy atom. The van der Waals surface area contributed by atoms with Gasteiger partial charge in [0, 0.05) is 30.1 Å². The van der Waals surface area contributed by atoms with Crippen LogP contribution in [-0.4, -0.2) is 35.1 Å². The third-order valence-corrected chi connectivity index (χ3v) is 6.83. The van der Waals surface area contributed by atoms with Crippen LogP contribution in [0.2, 0.25) is 0 Å². The Morgan fingerprint density at radius 1 is 0.914 bits per heavy atom. The molecule has 2 aromatic heterocycles. The molecule has 0 bridgehead atoms. The highest BCUT2D eigenvalue weighted by Crippen LogP contribution is 2.19. The van der Waals surface area contributed by atoms with Gasteiger partial charge >= 0.3 is 0 Å². The Hall–Kier alpha value is -2.08. The van der Waals surface area contributed by atoms with Crippen molar-refractivity contribution in [1.82, 2.24) is 16.0 Å². The van der Waals surface area contributed by atoms with E-state index in [2.05, 4.69) is 43.6 Å². The maximum Gasteiger partial charge on any atom is 0.286 e. The molecule has 11 heteroatoms. The van der Waals surface area contributed by atoms with Crippen molar-refractivity contribution in [3.05, 3.63) is 68.9 Å². The Morgan fingerprint density at radius 3 is 1.89 bits per heavy atom. The first-order valence-electron chi connectivity index (χ1n) is 11.9. The van der Waals surface area contributed by atoms with Crippen LogP contribution in [0.3, 0.4) is 0 Å². The fraction of sp³-hybridized carbons (Fsp3) is 0.583. The molecule has 2 heterocycles. The predicted octanol–water partition coefficient (Wildman–Crippen LogP) is 4.42. The molecule has 0 saturated heterocycles. The minimum absolute atomic E-state index is 0.0251. The molecule has 0 spiro atoms. The third-order valence-electron chi connectivity index (χ3n) is 4.87. The summed E-state index contributed by atoms with van der Waals surface area (Å²) in [5, 5.41) is 21.1. The van der Waals surface area contributed by atoms with E-state index < -0.39 is 4.92 Å². The van der Waals surface area contributed by atoms with Crippen LogP contribution < -0.4 is 21.7 Å². The van der Waals surface area contributed by atoms with Crippen molar-refractivity contribution in [1.29, 1.82) is 0 Å². The molecule has 0 fully saturated rings. The largest absolute Gasteiger partial charge is 0.464 e. The molecule has 2 rings (SSSR count). The summed E-state index contributed by atoms with van der Waals surface area (Å²) in [4.78, 5) is 11.1. The highest BCUT2D eigenvalue weighted by Gasteiger charge is 2.16. The van der Waals surface area contributed by atoms with Gasteiger partial charge in [-0.1, -0.05) is 27.7 Å². The van der Waals surface area contributed by atoms with Gasteiger partial charge < -0.3 is 30.5 Å². The maximum atomic E-state index is 11.5. The molecule has 0 unspecified atom stereocenters. The van der Waals surface area contributed by atoms with E-state index in [9.17, 15) is 10.1 Å². The predicted molar refractivity (Wildman–Crippen MR) is 145 cm³/mol. The van der Waals surface area contributed by atoms with E-state index in [1.807, 2.05) is 24.3 Å². The number of furan rings is 2. The van der Waals surface area contributed by atoms with E-state index in [0.29, 0.717) is 43.2 Å². The number of nitrogens with zero attached hydrogens (tertiary/aromatic N) is 1. The van der Waals surface area contributed by atoms with E-state index in [1.54, 1.807) is 23.5 Å². The molecular weight excluding hydrogens is 486 g/mol. The van der Waals surface area contributed by atoms with Crippen LogP contribution in [0.5, 0.6) is 0 Å². The minimum atomic E-state index is -0.395. The second-order valence-corrected chi connectivity index (χ2v) is 10.9. The van der Waals surface area contributed by atoms with Crippen molar-refractivity contribution < 1.29 is 13.8 Å². The van der Waals surface area contributed by atoms with Crippen LogP contribution in [0.1, 0.15) is 57.2 Å². The zero-order valence-electron chi connectivity index (χ0n) is 21.1. The molecule has 196 valence electrons. The first kappa shape index (κ1) is 29.2. The number of hydrogen-bond acceptors (Lipinski definition) is 10. The van der Waals surface area contributed by atoms with E-state index in [1.165, 1.54) is 0 Å². The SMILES string of the molecule is CC(C)NCc1ccc(CSCCNC(N)=C(CCSCc2ccc(CNC(C)C)o2)[N+](=O)[O-])o1. The highest BCUT2D eigenvalue weighted by molar-refractivity contribution is 7.98. The minimum Gasteiger partial charge on any atom is -0.464 e. The van der Waals surface area contributed by atoms with Gasteiger partial charge in [0.15, 0.2) is 5.82 Å². The Bertz CT molecular complexity index is 927. The molecular formula is C24H39N5O4S2. The Balaban J connectivity index is 1.66. The van der Waals surface area contributed by atoms with Gasteiger partial charge in [-0.3, -0.25) is 10.1 Å². The lowest BCUT2D eigenvalue weighted by Gasteiger charge is -2.08. The maximum absolute atomic E-state index is 11.5. The smallest absolute Gasteiger partial charge is 0.286 e. The zero-order valence-corrected chi connectivity index (χ0v) is 22.7. The van der Waals surface area contributed by atoms with Gasteiger partial charge in [0.05, 0.1) is 35.9 Å². The molecule has 0 aromatic carbocycles. The summed E-state index contributed by atoms with van der Waals surface area (Å²) in [5.41, 5.74) is 6.01. The monoisotopic (exact) mass is 525 g/mol. The van der Waals surface area contributed by atoms with Crippen molar-refractivity contribution in [2.24, 2.45) is 5.73 Å². The lowest BCUT2D eigenvalue weighted by atomic mass is 10.3. The number of rotatable bonds is 18. The fourth-order valence-corrected chi connectivity index (χ4v) is 4.58. The number of allylic oxidation sites excluding steroid dienone is 1. The molecule has 35 heavy (non-hydrogen) atoms. The van der Waals surface area contributed by atoms with Crippen molar-refractivity contribution in [2.75, 3.05) is 18.1 Å². The van der Waals surface area contributed by atoms with Gasteiger partial charge in [-0.25, -0.2) is 0 Å². The summed E-state index contributed by atoms with van der Waals surface area (Å²) in [7, 11) is 0. The molecule has 5 N–H and O–H groups in total. The number of nitro groups is 1. The van der Waals surface area contributed by atoms with Gasteiger partial charge in [-0.15, -0.1) is 0 Å². The molecule has 0 saturated carbocycles. The van der Waals surface area contributed by atoms with Crippen LogP contribution in [0.4, 0.5) is 0 Å². The quantitative estimate of drug-likeness (QED) is 0.126. The number of thioether (sulfide) groups is 2. The van der Waals surface area contributed by atoms with Gasteiger partial charge in [-0.2, -0.15) is 23.5 Å². The molecule has 2 aromatic rings. The van der Waals surface area contributed by atoms with E-state index >= 15 is 0 Å². The number of nitrogens with two attached hydrogens (primary N) is 1. The summed E-state index contributed by atoms with van der Waals surface area (Å²) >= 11 is 3.28. The number of nitrogens with one attached hydrogen (secondary N) is 3. The molecule has 0 atom stereocenters. The third kappa shape index (κ3) is 11.9. The lowest BCUT2D eigenvalue weighted by Crippen LogP contribution is -2.26.